The van der Waals surface area contributed by atoms with Crippen molar-refractivity contribution in [2.24, 2.45) is 12.0 Å². The largest absolute Gasteiger partial charge is 0.411 e. The van der Waals surface area contributed by atoms with Gasteiger partial charge in [0, 0.05) is 38.4 Å². The van der Waals surface area contributed by atoms with E-state index < -0.39 is 12.8 Å². The average Bonchev–Trinajstić information content (AvgIpc) is 2.87. The van der Waals surface area contributed by atoms with E-state index in [9.17, 15) is 13.2 Å². The summed E-state index contributed by atoms with van der Waals surface area (Å²) in [6, 6.07) is 7.21. The lowest BCUT2D eigenvalue weighted by molar-refractivity contribution is -0.176. The van der Waals surface area contributed by atoms with Crippen molar-refractivity contribution in [3.8, 4) is 0 Å². The molecule has 0 fully saturated rings. The van der Waals surface area contributed by atoms with Crippen molar-refractivity contribution in [2.45, 2.75) is 39.7 Å². The van der Waals surface area contributed by atoms with Crippen molar-refractivity contribution in [1.29, 1.82) is 0 Å². The van der Waals surface area contributed by atoms with E-state index in [4.69, 9.17) is 0 Å². The maximum atomic E-state index is 12.1. The Hall–Kier alpha value is -1.82. The Bertz CT molecular complexity index is 803. The molecule has 0 unspecified atom stereocenters. The highest BCUT2D eigenvalue weighted by Gasteiger charge is 2.27. The maximum Gasteiger partial charge on any atom is 0.411 e. The lowest BCUT2D eigenvalue weighted by atomic mass is 10.1. The van der Waals surface area contributed by atoms with E-state index in [0.717, 1.165) is 22.5 Å². The molecule has 0 bridgehead atoms. The third-order valence-corrected chi connectivity index (χ3v) is 4.33. The second-order valence-electron chi connectivity index (χ2n) is 6.48. The van der Waals surface area contributed by atoms with Gasteiger partial charge in [0.05, 0.1) is 12.3 Å². The average molecular weight is 525 g/mol. The summed E-state index contributed by atoms with van der Waals surface area (Å²) < 4.78 is 42.8. The summed E-state index contributed by atoms with van der Waals surface area (Å²) in [5, 5.41) is 10.9. The smallest absolute Gasteiger partial charge is 0.367 e. The van der Waals surface area contributed by atoms with Gasteiger partial charge in [-0.2, -0.15) is 18.3 Å². The minimum atomic E-state index is -4.31. The Morgan fingerprint density at radius 3 is 2.21 bits per heavy atom. The van der Waals surface area contributed by atoms with Crippen molar-refractivity contribution >= 4 is 29.9 Å². The maximum absolute atomic E-state index is 12.1. The number of aryl methyl sites for hydroxylation is 2. The van der Waals surface area contributed by atoms with Crippen LogP contribution in [-0.4, -0.2) is 35.6 Å². The molecule has 0 aliphatic heterocycles. The van der Waals surface area contributed by atoms with Gasteiger partial charge in [-0.25, -0.2) is 0 Å². The summed E-state index contributed by atoms with van der Waals surface area (Å²) in [4.78, 5) is 4.21. The van der Waals surface area contributed by atoms with Gasteiger partial charge < -0.3 is 15.4 Å². The van der Waals surface area contributed by atoms with E-state index in [1.165, 1.54) is 0 Å². The minimum Gasteiger partial charge on any atom is -0.367 e. The number of nitrogens with zero attached hydrogens (tertiary/aromatic N) is 3. The molecule has 1 aromatic heterocycles. The molecule has 0 saturated carbocycles. The fourth-order valence-corrected chi connectivity index (χ4v) is 2.69. The zero-order chi connectivity index (χ0) is 20.7. The molecule has 29 heavy (non-hydrogen) atoms. The summed E-state index contributed by atoms with van der Waals surface area (Å²) in [6.07, 6.45) is -4.31. The number of aromatic nitrogens is 2. The predicted molar refractivity (Wildman–Crippen MR) is 117 cm³/mol. The van der Waals surface area contributed by atoms with Crippen molar-refractivity contribution in [2.75, 3.05) is 13.7 Å². The third-order valence-electron chi connectivity index (χ3n) is 4.33. The molecule has 2 rings (SSSR count). The van der Waals surface area contributed by atoms with Gasteiger partial charge in [0.25, 0.3) is 0 Å². The number of rotatable bonds is 7. The predicted octanol–water partition coefficient (Wildman–Crippen LogP) is 3.60. The van der Waals surface area contributed by atoms with Gasteiger partial charge in [0.1, 0.15) is 6.61 Å². The summed E-state index contributed by atoms with van der Waals surface area (Å²) in [6.45, 7) is 3.83. The molecule has 6 nitrogen and oxygen atoms in total. The number of ether oxygens (including phenoxy) is 1. The van der Waals surface area contributed by atoms with E-state index in [0.29, 0.717) is 24.6 Å². The molecule has 2 N–H and O–H groups in total. The van der Waals surface area contributed by atoms with Crippen LogP contribution >= 0.6 is 24.0 Å². The number of hydrogen-bond donors (Lipinski definition) is 2. The van der Waals surface area contributed by atoms with Gasteiger partial charge in [0.15, 0.2) is 5.96 Å². The van der Waals surface area contributed by atoms with Crippen molar-refractivity contribution in [1.82, 2.24) is 20.4 Å². The number of aliphatic imine (C=N–C) groups is 1. The number of alkyl halides is 3. The SMILES string of the molecule is CN=C(NCc1ccc(COCC(F)(F)F)cc1)NCc1c(C)nn(C)c1C.I. The molecule has 0 saturated heterocycles. The second-order valence-corrected chi connectivity index (χ2v) is 6.48. The van der Waals surface area contributed by atoms with Crippen molar-refractivity contribution in [3.63, 3.8) is 0 Å². The molecule has 1 aromatic carbocycles. The monoisotopic (exact) mass is 525 g/mol. The lowest BCUT2D eigenvalue weighted by Gasteiger charge is -2.13. The summed E-state index contributed by atoms with van der Waals surface area (Å²) in [5.41, 5.74) is 4.89. The third kappa shape index (κ3) is 8.21. The van der Waals surface area contributed by atoms with Gasteiger partial charge in [-0.3, -0.25) is 9.67 Å². The standard InChI is InChI=1S/C19H26F3N5O.HI/c1-13-17(14(2)27(4)26-13)10-25-18(23-3)24-9-15-5-7-16(8-6-15)11-28-12-19(20,21)22;/h5-8H,9-12H2,1-4H3,(H2,23,24,25);1H. The van der Waals surface area contributed by atoms with Gasteiger partial charge >= 0.3 is 6.18 Å². The van der Waals surface area contributed by atoms with Gasteiger partial charge in [-0.1, -0.05) is 24.3 Å². The molecule has 2 aromatic rings. The molecule has 0 amide bonds. The first kappa shape index (κ1) is 25.2. The molecule has 162 valence electrons. The first-order valence-electron chi connectivity index (χ1n) is 8.85. The molecule has 0 radical (unpaired) electrons. The fraction of sp³-hybridized carbons (Fsp3) is 0.474. The lowest BCUT2D eigenvalue weighted by Crippen LogP contribution is -2.36. The van der Waals surface area contributed by atoms with Gasteiger partial charge in [0.2, 0.25) is 0 Å². The van der Waals surface area contributed by atoms with Crippen LogP contribution in [-0.2, 0) is 31.5 Å². The zero-order valence-corrected chi connectivity index (χ0v) is 19.3. The van der Waals surface area contributed by atoms with Crippen LogP contribution in [0.1, 0.15) is 28.1 Å². The summed E-state index contributed by atoms with van der Waals surface area (Å²) >= 11 is 0. The highest BCUT2D eigenvalue weighted by atomic mass is 127. The Morgan fingerprint density at radius 2 is 1.69 bits per heavy atom. The van der Waals surface area contributed by atoms with Crippen LogP contribution in [0.4, 0.5) is 13.2 Å². The van der Waals surface area contributed by atoms with E-state index in [-0.39, 0.29) is 30.6 Å². The van der Waals surface area contributed by atoms with Crippen LogP contribution in [0, 0.1) is 13.8 Å². The molecule has 1 heterocycles. The van der Waals surface area contributed by atoms with Crippen molar-refractivity contribution < 1.29 is 17.9 Å². The molecule has 0 spiro atoms. The Morgan fingerprint density at radius 1 is 1.10 bits per heavy atom. The van der Waals surface area contributed by atoms with Crippen LogP contribution in [0.15, 0.2) is 29.3 Å². The van der Waals surface area contributed by atoms with E-state index in [1.54, 1.807) is 19.2 Å². The zero-order valence-electron chi connectivity index (χ0n) is 16.9. The van der Waals surface area contributed by atoms with Crippen molar-refractivity contribution in [3.05, 3.63) is 52.3 Å². The van der Waals surface area contributed by atoms with E-state index >= 15 is 0 Å². The quantitative estimate of drug-likeness (QED) is 0.330. The molecular weight excluding hydrogens is 498 g/mol. The first-order valence-corrected chi connectivity index (χ1v) is 8.85. The van der Waals surface area contributed by atoms with Crippen LogP contribution in [0.2, 0.25) is 0 Å². The fourth-order valence-electron chi connectivity index (χ4n) is 2.69. The van der Waals surface area contributed by atoms with E-state index in [2.05, 4.69) is 25.5 Å². The van der Waals surface area contributed by atoms with Crippen LogP contribution in [0.25, 0.3) is 0 Å². The number of benzene rings is 1. The molecule has 0 aliphatic carbocycles. The highest BCUT2D eigenvalue weighted by Crippen LogP contribution is 2.16. The number of nitrogens with one attached hydrogen (secondary N) is 2. The number of hydrogen-bond acceptors (Lipinski definition) is 3. The molecular formula is C19H27F3IN5O. The molecule has 0 aliphatic rings. The minimum absolute atomic E-state index is 0. The second kappa shape index (κ2) is 11.4. The van der Waals surface area contributed by atoms with Crippen LogP contribution < -0.4 is 10.6 Å². The van der Waals surface area contributed by atoms with E-state index in [1.807, 2.05) is 37.7 Å². The van der Waals surface area contributed by atoms with Crippen LogP contribution in [0.5, 0.6) is 0 Å². The van der Waals surface area contributed by atoms with Gasteiger partial charge in [-0.15, -0.1) is 24.0 Å². The Labute approximate surface area is 185 Å². The molecule has 10 heteroatoms. The highest BCUT2D eigenvalue weighted by molar-refractivity contribution is 14.0. The van der Waals surface area contributed by atoms with Gasteiger partial charge in [-0.05, 0) is 25.0 Å². The summed E-state index contributed by atoms with van der Waals surface area (Å²) in [5.74, 6) is 0.653. The molecule has 0 atom stereocenters. The first-order chi connectivity index (χ1) is 13.2. The number of halogens is 4. The topological polar surface area (TPSA) is 63.5 Å². The Kier molecular flexibility index (Phi) is 9.90. The van der Waals surface area contributed by atoms with Crippen LogP contribution in [0.3, 0.4) is 0 Å². The Balaban J connectivity index is 0.00000420. The normalized spacial score (nSPS) is 11.9. The summed E-state index contributed by atoms with van der Waals surface area (Å²) in [7, 11) is 3.61. The number of guanidine groups is 1.